The Morgan fingerprint density at radius 2 is 2.04 bits per heavy atom. The average molecular weight is 417 g/mol. The van der Waals surface area contributed by atoms with Crippen molar-refractivity contribution in [3.05, 3.63) is 67.7 Å². The monoisotopic (exact) mass is 416 g/mol. The third-order valence-electron chi connectivity index (χ3n) is 4.72. The van der Waals surface area contributed by atoms with Gasteiger partial charge in [-0.2, -0.15) is 0 Å². The molecule has 0 N–H and O–H groups in total. The van der Waals surface area contributed by atoms with E-state index in [0.717, 1.165) is 51.2 Å². The van der Waals surface area contributed by atoms with E-state index in [1.54, 1.807) is 23.1 Å². The number of nitrogens with zero attached hydrogens (tertiary/aromatic N) is 2. The fourth-order valence-corrected chi connectivity index (χ4v) is 5.84. The Morgan fingerprint density at radius 3 is 2.78 bits per heavy atom. The zero-order valence-electron chi connectivity index (χ0n) is 15.3. The van der Waals surface area contributed by atoms with Gasteiger partial charge in [-0.3, -0.25) is 4.79 Å². The van der Waals surface area contributed by atoms with Crippen LogP contribution in [0.3, 0.4) is 0 Å². The molecule has 2 heterocycles. The predicted molar refractivity (Wildman–Crippen MR) is 116 cm³/mol. The fourth-order valence-electron chi connectivity index (χ4n) is 3.41. The number of hydrogen-bond acceptors (Lipinski definition) is 4. The highest BCUT2D eigenvalue weighted by atomic mass is 35.5. The van der Waals surface area contributed by atoms with Crippen LogP contribution in [0.1, 0.15) is 35.8 Å². The highest BCUT2D eigenvalue weighted by Gasteiger charge is 2.21. The molecule has 1 aromatic carbocycles. The smallest absolute Gasteiger partial charge is 0.211 e. The zero-order valence-corrected chi connectivity index (χ0v) is 17.6. The van der Waals surface area contributed by atoms with Crippen molar-refractivity contribution in [2.24, 2.45) is 0 Å². The van der Waals surface area contributed by atoms with Crippen molar-refractivity contribution in [2.45, 2.75) is 50.1 Å². The lowest BCUT2D eigenvalue weighted by atomic mass is 9.98. The summed E-state index contributed by atoms with van der Waals surface area (Å²) in [6, 6.07) is 7.86. The Labute approximate surface area is 172 Å². The lowest BCUT2D eigenvalue weighted by Gasteiger charge is -2.14. The Kier molecular flexibility index (Phi) is 5.44. The molecule has 0 fully saturated rings. The molecule has 0 saturated heterocycles. The van der Waals surface area contributed by atoms with E-state index in [4.69, 9.17) is 16.6 Å². The number of thioether (sulfide) groups is 1. The molecule has 0 saturated carbocycles. The van der Waals surface area contributed by atoms with Gasteiger partial charge in [0.1, 0.15) is 10.3 Å². The lowest BCUT2D eigenvalue weighted by Crippen LogP contribution is -2.15. The molecule has 2 aromatic heterocycles. The molecule has 0 aliphatic heterocycles. The molecule has 0 atom stereocenters. The van der Waals surface area contributed by atoms with Gasteiger partial charge >= 0.3 is 0 Å². The van der Waals surface area contributed by atoms with Crippen LogP contribution in [-0.2, 0) is 25.1 Å². The summed E-state index contributed by atoms with van der Waals surface area (Å²) in [7, 11) is 0. The summed E-state index contributed by atoms with van der Waals surface area (Å²) < 4.78 is 2.17. The molecule has 1 aliphatic rings. The van der Waals surface area contributed by atoms with Crippen molar-refractivity contribution in [3.8, 4) is 0 Å². The molecule has 140 valence electrons. The molecule has 4 rings (SSSR count). The van der Waals surface area contributed by atoms with Crippen LogP contribution < -0.4 is 5.43 Å². The second-order valence-electron chi connectivity index (χ2n) is 7.05. The van der Waals surface area contributed by atoms with Crippen LogP contribution in [0, 0.1) is 0 Å². The second kappa shape index (κ2) is 7.82. The number of imidazole rings is 1. The van der Waals surface area contributed by atoms with Crippen molar-refractivity contribution in [2.75, 3.05) is 0 Å². The maximum atomic E-state index is 13.0. The third kappa shape index (κ3) is 3.86. The van der Waals surface area contributed by atoms with Crippen LogP contribution in [0.15, 0.2) is 46.4 Å². The van der Waals surface area contributed by atoms with Crippen molar-refractivity contribution in [1.29, 1.82) is 0 Å². The number of aromatic nitrogens is 2. The van der Waals surface area contributed by atoms with Gasteiger partial charge in [0.15, 0.2) is 5.16 Å². The summed E-state index contributed by atoms with van der Waals surface area (Å²) in [5, 5.41) is 1.63. The number of allylic oxidation sites excluding steroid dienone is 1. The minimum atomic E-state index is 0.132. The van der Waals surface area contributed by atoms with Crippen molar-refractivity contribution >= 4 is 45.0 Å². The average Bonchev–Trinajstić information content (AvgIpc) is 2.99. The van der Waals surface area contributed by atoms with E-state index in [2.05, 4.69) is 11.1 Å². The molecule has 6 heteroatoms. The minimum absolute atomic E-state index is 0.132. The maximum Gasteiger partial charge on any atom is 0.211 e. The molecule has 0 amide bonds. The van der Waals surface area contributed by atoms with Gasteiger partial charge < -0.3 is 4.57 Å². The molecule has 0 radical (unpaired) electrons. The molecule has 3 nitrogen and oxygen atoms in total. The molecule has 0 bridgehead atoms. The normalized spacial score (nSPS) is 13.7. The maximum absolute atomic E-state index is 13.0. The van der Waals surface area contributed by atoms with E-state index in [1.807, 2.05) is 31.2 Å². The van der Waals surface area contributed by atoms with Crippen LogP contribution in [0.5, 0.6) is 0 Å². The Morgan fingerprint density at radius 1 is 1.30 bits per heavy atom. The van der Waals surface area contributed by atoms with Gasteiger partial charge in [0.05, 0.1) is 0 Å². The van der Waals surface area contributed by atoms with E-state index in [9.17, 15) is 4.79 Å². The molecule has 1 aliphatic carbocycles. The summed E-state index contributed by atoms with van der Waals surface area (Å²) in [4.78, 5) is 20.0. The molecule has 3 aromatic rings. The topological polar surface area (TPSA) is 34.9 Å². The molecule has 0 spiro atoms. The van der Waals surface area contributed by atoms with Crippen LogP contribution in [-0.4, -0.2) is 9.55 Å². The first-order valence-corrected chi connectivity index (χ1v) is 11.3. The highest BCUT2D eigenvalue weighted by molar-refractivity contribution is 7.98. The Hall–Kier alpha value is -1.56. The quantitative estimate of drug-likeness (QED) is 0.386. The first-order chi connectivity index (χ1) is 13.0. The summed E-state index contributed by atoms with van der Waals surface area (Å²) in [5.74, 6) is 0.787. The van der Waals surface area contributed by atoms with Gasteiger partial charge in [-0.05, 0) is 50.3 Å². The van der Waals surface area contributed by atoms with Gasteiger partial charge in [-0.25, -0.2) is 4.98 Å². The summed E-state index contributed by atoms with van der Waals surface area (Å²) in [6.07, 6.45) is 4.17. The summed E-state index contributed by atoms with van der Waals surface area (Å²) >= 11 is 9.38. The standard InChI is InChI=1S/C21H21ClN2OS2/c1-13(2)11-24-20-18(19(25)16-5-3-4-6-17(16)27-20)23-21(24)26-12-14-7-9-15(22)10-8-14/h7-10H,1,3-6,11-12H2,2H3. The minimum Gasteiger partial charge on any atom is -0.306 e. The molecule has 0 unspecified atom stereocenters. The van der Waals surface area contributed by atoms with Crippen LogP contribution in [0.25, 0.3) is 10.3 Å². The van der Waals surface area contributed by atoms with Crippen LogP contribution in [0.4, 0.5) is 0 Å². The van der Waals surface area contributed by atoms with Gasteiger partial charge in [-0.1, -0.05) is 47.6 Å². The number of rotatable bonds is 5. The highest BCUT2D eigenvalue weighted by Crippen LogP contribution is 2.32. The van der Waals surface area contributed by atoms with Gasteiger partial charge in [0, 0.05) is 27.8 Å². The van der Waals surface area contributed by atoms with E-state index < -0.39 is 0 Å². The van der Waals surface area contributed by atoms with Gasteiger partial charge in [-0.15, -0.1) is 11.3 Å². The van der Waals surface area contributed by atoms with Gasteiger partial charge in [0.2, 0.25) is 5.43 Å². The summed E-state index contributed by atoms with van der Waals surface area (Å²) in [6.45, 7) is 6.77. The first-order valence-electron chi connectivity index (χ1n) is 9.09. The summed E-state index contributed by atoms with van der Waals surface area (Å²) in [5.41, 5.74) is 3.99. The second-order valence-corrected chi connectivity index (χ2v) is 9.51. The van der Waals surface area contributed by atoms with E-state index in [1.165, 1.54) is 16.9 Å². The first kappa shape index (κ1) is 18.8. The van der Waals surface area contributed by atoms with E-state index in [0.29, 0.717) is 12.1 Å². The Balaban J connectivity index is 1.76. The van der Waals surface area contributed by atoms with E-state index >= 15 is 0 Å². The van der Waals surface area contributed by atoms with E-state index in [-0.39, 0.29) is 5.43 Å². The SMILES string of the molecule is C=C(C)Cn1c(SCc2ccc(Cl)cc2)nc2c(=O)c3c(sc21)CCCC3. The predicted octanol–water partition coefficient (Wildman–Crippen LogP) is 5.86. The van der Waals surface area contributed by atoms with Crippen molar-refractivity contribution < 1.29 is 0 Å². The number of aryl methyl sites for hydroxylation is 1. The third-order valence-corrected chi connectivity index (χ3v) is 7.33. The number of fused-ring (bicyclic) bond motifs is 2. The van der Waals surface area contributed by atoms with Crippen molar-refractivity contribution in [3.63, 3.8) is 0 Å². The number of benzene rings is 1. The van der Waals surface area contributed by atoms with Crippen LogP contribution in [0.2, 0.25) is 5.02 Å². The van der Waals surface area contributed by atoms with Gasteiger partial charge in [0.25, 0.3) is 0 Å². The van der Waals surface area contributed by atoms with Crippen LogP contribution >= 0.6 is 34.7 Å². The fraction of sp³-hybridized carbons (Fsp3) is 0.333. The number of hydrogen-bond donors (Lipinski definition) is 0. The zero-order chi connectivity index (χ0) is 19.0. The largest absolute Gasteiger partial charge is 0.306 e. The molecule has 27 heavy (non-hydrogen) atoms. The van der Waals surface area contributed by atoms with Crippen molar-refractivity contribution in [1.82, 2.24) is 9.55 Å². The lowest BCUT2D eigenvalue weighted by molar-refractivity contribution is 0.692. The molecular weight excluding hydrogens is 396 g/mol. The number of halogens is 1. The molecular formula is C21H21ClN2OS2. The Bertz CT molecular complexity index is 1070.